The van der Waals surface area contributed by atoms with Crippen LogP contribution in [0.4, 0.5) is 0 Å². The monoisotopic (exact) mass is 239 g/mol. The summed E-state index contributed by atoms with van der Waals surface area (Å²) in [5.74, 6) is 0.814. The maximum absolute atomic E-state index is 3.48. The molecule has 2 atom stereocenters. The third-order valence-corrected chi connectivity index (χ3v) is 4.32. The molecule has 0 fully saturated rings. The molecule has 92 valence electrons. The fourth-order valence-corrected chi connectivity index (χ4v) is 3.44. The van der Waals surface area contributed by atoms with Gasteiger partial charge in [0, 0.05) is 10.9 Å². The molecular weight excluding hydrogens is 214 g/mol. The number of rotatable bonds is 7. The van der Waals surface area contributed by atoms with Gasteiger partial charge in [0.15, 0.2) is 0 Å². The van der Waals surface area contributed by atoms with Crippen LogP contribution < -0.4 is 5.32 Å². The standard InChI is InChI=1S/C14H25NS/c1-5-7-11(3)10-13(15-4)14-12(6-2)8-9-16-14/h8-9,11,13,15H,5-7,10H2,1-4H3. The second kappa shape index (κ2) is 7.08. The van der Waals surface area contributed by atoms with E-state index >= 15 is 0 Å². The van der Waals surface area contributed by atoms with E-state index in [0.29, 0.717) is 6.04 Å². The van der Waals surface area contributed by atoms with Gasteiger partial charge in [0.1, 0.15) is 0 Å². The minimum Gasteiger partial charge on any atom is -0.312 e. The van der Waals surface area contributed by atoms with Gasteiger partial charge in [-0.2, -0.15) is 0 Å². The molecule has 0 aromatic carbocycles. The van der Waals surface area contributed by atoms with Crippen molar-refractivity contribution < 1.29 is 0 Å². The van der Waals surface area contributed by atoms with Crippen LogP contribution in [0.3, 0.4) is 0 Å². The SMILES string of the molecule is CCCC(C)CC(NC)c1sccc1CC. The number of thiophene rings is 1. The van der Waals surface area contributed by atoms with Gasteiger partial charge in [0.25, 0.3) is 0 Å². The molecule has 1 heterocycles. The number of hydrogen-bond donors (Lipinski definition) is 1. The molecule has 1 rings (SSSR count). The highest BCUT2D eigenvalue weighted by atomic mass is 32.1. The molecular formula is C14H25NS. The van der Waals surface area contributed by atoms with E-state index in [2.05, 4.69) is 44.6 Å². The molecule has 0 amide bonds. The highest BCUT2D eigenvalue weighted by Crippen LogP contribution is 2.30. The number of hydrogen-bond acceptors (Lipinski definition) is 2. The Hall–Kier alpha value is -0.340. The molecule has 0 saturated heterocycles. The van der Waals surface area contributed by atoms with Crippen LogP contribution in [0.25, 0.3) is 0 Å². The zero-order valence-corrected chi connectivity index (χ0v) is 11.9. The fourth-order valence-electron chi connectivity index (χ4n) is 2.31. The van der Waals surface area contributed by atoms with E-state index in [1.165, 1.54) is 24.8 Å². The summed E-state index contributed by atoms with van der Waals surface area (Å²) in [7, 11) is 2.09. The van der Waals surface area contributed by atoms with Gasteiger partial charge in [-0.05, 0) is 42.8 Å². The summed E-state index contributed by atoms with van der Waals surface area (Å²) in [4.78, 5) is 1.55. The van der Waals surface area contributed by atoms with Crippen molar-refractivity contribution in [1.82, 2.24) is 5.32 Å². The number of aryl methyl sites for hydroxylation is 1. The largest absolute Gasteiger partial charge is 0.312 e. The zero-order chi connectivity index (χ0) is 12.0. The van der Waals surface area contributed by atoms with Gasteiger partial charge < -0.3 is 5.32 Å². The third-order valence-electron chi connectivity index (χ3n) is 3.25. The first-order valence-electron chi connectivity index (χ1n) is 6.46. The Morgan fingerprint density at radius 1 is 1.38 bits per heavy atom. The summed E-state index contributed by atoms with van der Waals surface area (Å²) in [6.45, 7) is 6.88. The minimum absolute atomic E-state index is 0.552. The van der Waals surface area contributed by atoms with Gasteiger partial charge in [-0.15, -0.1) is 11.3 Å². The van der Waals surface area contributed by atoms with E-state index in [1.807, 2.05) is 11.3 Å². The Kier molecular flexibility index (Phi) is 6.07. The van der Waals surface area contributed by atoms with Crippen LogP contribution in [-0.4, -0.2) is 7.05 Å². The summed E-state index contributed by atoms with van der Waals surface area (Å²) in [6.07, 6.45) is 5.05. The van der Waals surface area contributed by atoms with Gasteiger partial charge in [-0.1, -0.05) is 33.6 Å². The fraction of sp³-hybridized carbons (Fsp3) is 0.714. The van der Waals surface area contributed by atoms with Crippen molar-refractivity contribution in [3.8, 4) is 0 Å². The van der Waals surface area contributed by atoms with E-state index in [-0.39, 0.29) is 0 Å². The Morgan fingerprint density at radius 3 is 2.69 bits per heavy atom. The lowest BCUT2D eigenvalue weighted by atomic mass is 9.95. The van der Waals surface area contributed by atoms with Crippen LogP contribution in [0.15, 0.2) is 11.4 Å². The molecule has 1 aromatic rings. The lowest BCUT2D eigenvalue weighted by molar-refractivity contribution is 0.409. The van der Waals surface area contributed by atoms with Crippen molar-refractivity contribution in [2.24, 2.45) is 5.92 Å². The molecule has 1 aromatic heterocycles. The van der Waals surface area contributed by atoms with Gasteiger partial charge in [0.05, 0.1) is 0 Å². The second-order valence-electron chi connectivity index (χ2n) is 4.63. The van der Waals surface area contributed by atoms with Crippen molar-refractivity contribution in [2.75, 3.05) is 7.05 Å². The third kappa shape index (κ3) is 3.60. The van der Waals surface area contributed by atoms with Crippen LogP contribution in [0.1, 0.15) is 56.5 Å². The molecule has 0 aliphatic rings. The predicted octanol–water partition coefficient (Wildman–Crippen LogP) is 4.40. The first kappa shape index (κ1) is 13.7. The molecule has 2 unspecified atom stereocenters. The molecule has 0 spiro atoms. The Bertz CT molecular complexity index is 293. The topological polar surface area (TPSA) is 12.0 Å². The normalized spacial score (nSPS) is 15.0. The van der Waals surface area contributed by atoms with Crippen LogP contribution >= 0.6 is 11.3 Å². The van der Waals surface area contributed by atoms with Crippen molar-refractivity contribution in [1.29, 1.82) is 0 Å². The highest BCUT2D eigenvalue weighted by Gasteiger charge is 2.16. The molecule has 0 aliphatic carbocycles. The molecule has 2 heteroatoms. The molecule has 0 bridgehead atoms. The zero-order valence-electron chi connectivity index (χ0n) is 11.0. The van der Waals surface area contributed by atoms with Gasteiger partial charge in [-0.3, -0.25) is 0 Å². The van der Waals surface area contributed by atoms with E-state index in [0.717, 1.165) is 12.3 Å². The highest BCUT2D eigenvalue weighted by molar-refractivity contribution is 7.10. The smallest absolute Gasteiger partial charge is 0.0417 e. The van der Waals surface area contributed by atoms with Gasteiger partial charge in [0.2, 0.25) is 0 Å². The lowest BCUT2D eigenvalue weighted by Crippen LogP contribution is -2.19. The minimum atomic E-state index is 0.552. The molecule has 1 nitrogen and oxygen atoms in total. The second-order valence-corrected chi connectivity index (χ2v) is 5.58. The van der Waals surface area contributed by atoms with Crippen LogP contribution in [0.2, 0.25) is 0 Å². The lowest BCUT2D eigenvalue weighted by Gasteiger charge is -2.20. The van der Waals surface area contributed by atoms with E-state index in [4.69, 9.17) is 0 Å². The average molecular weight is 239 g/mol. The van der Waals surface area contributed by atoms with E-state index in [1.54, 1.807) is 4.88 Å². The van der Waals surface area contributed by atoms with Crippen LogP contribution in [0, 0.1) is 5.92 Å². The van der Waals surface area contributed by atoms with Crippen molar-refractivity contribution in [3.63, 3.8) is 0 Å². The number of nitrogens with one attached hydrogen (secondary N) is 1. The average Bonchev–Trinajstić information content (AvgIpc) is 2.74. The van der Waals surface area contributed by atoms with Gasteiger partial charge in [-0.25, -0.2) is 0 Å². The Morgan fingerprint density at radius 2 is 2.12 bits per heavy atom. The summed E-state index contributed by atoms with van der Waals surface area (Å²) in [5.41, 5.74) is 1.52. The van der Waals surface area contributed by atoms with Crippen LogP contribution in [-0.2, 0) is 6.42 Å². The van der Waals surface area contributed by atoms with Crippen molar-refractivity contribution in [2.45, 2.75) is 52.5 Å². The Balaban J connectivity index is 2.66. The maximum Gasteiger partial charge on any atom is 0.0417 e. The molecule has 0 saturated carbocycles. The summed E-state index contributed by atoms with van der Waals surface area (Å²) in [5, 5.41) is 5.70. The first-order chi connectivity index (χ1) is 7.72. The quantitative estimate of drug-likeness (QED) is 0.744. The van der Waals surface area contributed by atoms with Gasteiger partial charge >= 0.3 is 0 Å². The molecule has 0 radical (unpaired) electrons. The molecule has 16 heavy (non-hydrogen) atoms. The van der Waals surface area contributed by atoms with Crippen molar-refractivity contribution in [3.05, 3.63) is 21.9 Å². The Labute approximate surface area is 104 Å². The van der Waals surface area contributed by atoms with E-state index < -0.39 is 0 Å². The maximum atomic E-state index is 3.48. The summed E-state index contributed by atoms with van der Waals surface area (Å²) >= 11 is 1.90. The first-order valence-corrected chi connectivity index (χ1v) is 7.34. The summed E-state index contributed by atoms with van der Waals surface area (Å²) in [6, 6.07) is 2.82. The molecule has 0 aliphatic heterocycles. The van der Waals surface area contributed by atoms with Crippen LogP contribution in [0.5, 0.6) is 0 Å². The van der Waals surface area contributed by atoms with Crippen molar-refractivity contribution >= 4 is 11.3 Å². The predicted molar refractivity (Wildman–Crippen MR) is 74.2 cm³/mol. The molecule has 1 N–H and O–H groups in total. The summed E-state index contributed by atoms with van der Waals surface area (Å²) < 4.78 is 0. The van der Waals surface area contributed by atoms with E-state index in [9.17, 15) is 0 Å².